The Labute approximate surface area is 121 Å². The summed E-state index contributed by atoms with van der Waals surface area (Å²) in [6.07, 6.45) is 3.86. The van der Waals surface area contributed by atoms with Gasteiger partial charge in [0.2, 0.25) is 0 Å². The van der Waals surface area contributed by atoms with Gasteiger partial charge in [0.25, 0.3) is 5.91 Å². The maximum atomic E-state index is 12.3. The molecule has 1 fully saturated rings. The summed E-state index contributed by atoms with van der Waals surface area (Å²) in [4.78, 5) is 14.1. The molecule has 2 N–H and O–H groups in total. The van der Waals surface area contributed by atoms with Crippen molar-refractivity contribution in [2.75, 3.05) is 7.05 Å². The highest BCUT2D eigenvalue weighted by atomic mass is 35.5. The Morgan fingerprint density at radius 1 is 1.39 bits per heavy atom. The van der Waals surface area contributed by atoms with Crippen LogP contribution >= 0.6 is 34.5 Å². The second-order valence-electron chi connectivity index (χ2n) is 4.72. The summed E-state index contributed by atoms with van der Waals surface area (Å²) in [5, 5.41) is 0. The van der Waals surface area contributed by atoms with Crippen LogP contribution in [-0.2, 0) is 0 Å². The number of carbonyl (C=O) groups excluding carboxylic acids is 1. The summed E-state index contributed by atoms with van der Waals surface area (Å²) in [5.41, 5.74) is 6.38. The Bertz CT molecular complexity index is 441. The molecule has 0 aromatic carbocycles. The highest BCUT2D eigenvalue weighted by molar-refractivity contribution is 7.20. The molecule has 0 radical (unpaired) electrons. The van der Waals surface area contributed by atoms with Crippen molar-refractivity contribution in [1.29, 1.82) is 0 Å². The smallest absolute Gasteiger partial charge is 0.256 e. The molecule has 1 aliphatic carbocycles. The van der Waals surface area contributed by atoms with Crippen LogP contribution in [0, 0.1) is 0 Å². The lowest BCUT2D eigenvalue weighted by molar-refractivity contribution is 0.0690. The zero-order valence-corrected chi connectivity index (χ0v) is 12.5. The fraction of sp³-hybridized carbons (Fsp3) is 0.583. The van der Waals surface area contributed by atoms with Crippen LogP contribution in [0.4, 0.5) is 0 Å². The first kappa shape index (κ1) is 14.1. The highest BCUT2D eigenvalue weighted by Crippen LogP contribution is 2.33. The fourth-order valence-corrected chi connectivity index (χ4v) is 3.78. The van der Waals surface area contributed by atoms with Gasteiger partial charge in [-0.05, 0) is 31.7 Å². The number of nitrogens with zero attached hydrogens (tertiary/aromatic N) is 1. The van der Waals surface area contributed by atoms with E-state index >= 15 is 0 Å². The van der Waals surface area contributed by atoms with E-state index in [9.17, 15) is 4.79 Å². The van der Waals surface area contributed by atoms with Crippen LogP contribution in [0.5, 0.6) is 0 Å². The van der Waals surface area contributed by atoms with Gasteiger partial charge in [0.15, 0.2) is 0 Å². The Morgan fingerprint density at radius 3 is 2.50 bits per heavy atom. The van der Waals surface area contributed by atoms with Gasteiger partial charge >= 0.3 is 0 Å². The minimum absolute atomic E-state index is 0.0522. The fourth-order valence-electron chi connectivity index (χ4n) is 2.33. The standard InChI is InChI=1S/C12H16Cl2N2OS/c1-16(8-4-2-7(15)3-5-8)12(17)9-6-10(13)18-11(9)14/h6-8H,2-5,15H2,1H3. The van der Waals surface area contributed by atoms with Crippen LogP contribution in [0.2, 0.25) is 8.67 Å². The average molecular weight is 307 g/mol. The zero-order valence-electron chi connectivity index (χ0n) is 10.2. The summed E-state index contributed by atoms with van der Waals surface area (Å²) in [7, 11) is 1.83. The second kappa shape index (κ2) is 5.78. The van der Waals surface area contributed by atoms with E-state index in [1.165, 1.54) is 11.3 Å². The first-order valence-corrected chi connectivity index (χ1v) is 7.54. The van der Waals surface area contributed by atoms with Gasteiger partial charge in [-0.2, -0.15) is 0 Å². The third-order valence-corrected chi connectivity index (χ3v) is 4.98. The van der Waals surface area contributed by atoms with Crippen molar-refractivity contribution >= 4 is 40.4 Å². The maximum absolute atomic E-state index is 12.3. The van der Waals surface area contributed by atoms with Gasteiger partial charge in [0.05, 0.1) is 9.90 Å². The Morgan fingerprint density at radius 2 is 2.00 bits per heavy atom. The normalized spacial score (nSPS) is 24.0. The van der Waals surface area contributed by atoms with Crippen LogP contribution in [0.1, 0.15) is 36.0 Å². The molecule has 0 saturated heterocycles. The minimum atomic E-state index is -0.0522. The first-order chi connectivity index (χ1) is 8.49. The number of amides is 1. The van der Waals surface area contributed by atoms with E-state index < -0.39 is 0 Å². The zero-order chi connectivity index (χ0) is 13.3. The van der Waals surface area contributed by atoms with Gasteiger partial charge in [0.1, 0.15) is 4.34 Å². The molecule has 100 valence electrons. The van der Waals surface area contributed by atoms with Gasteiger partial charge in [-0.1, -0.05) is 23.2 Å². The quantitative estimate of drug-likeness (QED) is 0.910. The average Bonchev–Trinajstić information content (AvgIpc) is 2.67. The molecule has 1 saturated carbocycles. The first-order valence-electron chi connectivity index (χ1n) is 5.96. The summed E-state index contributed by atoms with van der Waals surface area (Å²) >= 11 is 13.1. The third-order valence-electron chi connectivity index (χ3n) is 3.50. The largest absolute Gasteiger partial charge is 0.339 e. The van der Waals surface area contributed by atoms with E-state index in [0.717, 1.165) is 25.7 Å². The molecule has 0 spiro atoms. The molecule has 1 aliphatic rings. The second-order valence-corrected chi connectivity index (χ2v) is 7.01. The van der Waals surface area contributed by atoms with E-state index in [2.05, 4.69) is 0 Å². The molecule has 2 rings (SSSR count). The number of halogens is 2. The molecule has 0 aliphatic heterocycles. The van der Waals surface area contributed by atoms with E-state index in [0.29, 0.717) is 14.2 Å². The van der Waals surface area contributed by atoms with Crippen molar-refractivity contribution in [2.45, 2.75) is 37.8 Å². The molecule has 1 heterocycles. The topological polar surface area (TPSA) is 46.3 Å². The maximum Gasteiger partial charge on any atom is 0.256 e. The molecule has 0 atom stereocenters. The molecule has 1 amide bonds. The van der Waals surface area contributed by atoms with Crippen molar-refractivity contribution in [3.05, 3.63) is 20.3 Å². The monoisotopic (exact) mass is 306 g/mol. The number of thiophene rings is 1. The lowest BCUT2D eigenvalue weighted by Crippen LogP contribution is -2.41. The number of hydrogen-bond acceptors (Lipinski definition) is 3. The van der Waals surface area contributed by atoms with Gasteiger partial charge in [0, 0.05) is 19.1 Å². The minimum Gasteiger partial charge on any atom is -0.339 e. The van der Waals surface area contributed by atoms with Crippen LogP contribution in [0.3, 0.4) is 0 Å². The summed E-state index contributed by atoms with van der Waals surface area (Å²) in [6, 6.07) is 2.18. The van der Waals surface area contributed by atoms with Gasteiger partial charge in [-0.3, -0.25) is 4.79 Å². The molecule has 0 unspecified atom stereocenters. The van der Waals surface area contributed by atoms with Crippen molar-refractivity contribution < 1.29 is 4.79 Å². The van der Waals surface area contributed by atoms with E-state index in [1.807, 2.05) is 7.05 Å². The van der Waals surface area contributed by atoms with Crippen molar-refractivity contribution in [2.24, 2.45) is 5.73 Å². The molecular weight excluding hydrogens is 291 g/mol. The molecule has 3 nitrogen and oxygen atoms in total. The predicted molar refractivity (Wildman–Crippen MR) is 76.7 cm³/mol. The summed E-state index contributed by atoms with van der Waals surface area (Å²) in [5.74, 6) is -0.0522. The molecular formula is C12H16Cl2N2OS. The SMILES string of the molecule is CN(C(=O)c1cc(Cl)sc1Cl)C1CCC(N)CC1. The van der Waals surface area contributed by atoms with Crippen LogP contribution in [-0.4, -0.2) is 29.9 Å². The van der Waals surface area contributed by atoms with Crippen LogP contribution in [0.15, 0.2) is 6.07 Å². The molecule has 6 heteroatoms. The van der Waals surface area contributed by atoms with E-state index in [1.54, 1.807) is 11.0 Å². The van der Waals surface area contributed by atoms with Crippen LogP contribution in [0.25, 0.3) is 0 Å². The summed E-state index contributed by atoms with van der Waals surface area (Å²) in [6.45, 7) is 0. The predicted octanol–water partition coefficient (Wildman–Crippen LogP) is 3.40. The van der Waals surface area contributed by atoms with E-state index in [-0.39, 0.29) is 18.0 Å². The lowest BCUT2D eigenvalue weighted by Gasteiger charge is -2.33. The highest BCUT2D eigenvalue weighted by Gasteiger charge is 2.27. The Hall–Kier alpha value is -0.290. The molecule has 1 aromatic heterocycles. The number of carbonyl (C=O) groups is 1. The molecule has 1 aromatic rings. The van der Waals surface area contributed by atoms with Crippen LogP contribution < -0.4 is 5.73 Å². The molecule has 18 heavy (non-hydrogen) atoms. The summed E-state index contributed by atoms with van der Waals surface area (Å²) < 4.78 is 1.01. The van der Waals surface area contributed by atoms with Crippen molar-refractivity contribution in [3.8, 4) is 0 Å². The van der Waals surface area contributed by atoms with E-state index in [4.69, 9.17) is 28.9 Å². The van der Waals surface area contributed by atoms with Gasteiger partial charge < -0.3 is 10.6 Å². The third kappa shape index (κ3) is 2.99. The van der Waals surface area contributed by atoms with Crippen molar-refractivity contribution in [1.82, 2.24) is 4.90 Å². The Kier molecular flexibility index (Phi) is 4.54. The number of hydrogen-bond donors (Lipinski definition) is 1. The van der Waals surface area contributed by atoms with Gasteiger partial charge in [-0.25, -0.2) is 0 Å². The lowest BCUT2D eigenvalue weighted by atomic mass is 9.91. The Balaban J connectivity index is 2.07. The number of rotatable bonds is 2. The number of nitrogens with two attached hydrogens (primary N) is 1. The van der Waals surface area contributed by atoms with Gasteiger partial charge in [-0.15, -0.1) is 11.3 Å². The van der Waals surface area contributed by atoms with Crippen molar-refractivity contribution in [3.63, 3.8) is 0 Å². The molecule has 0 bridgehead atoms.